The maximum Gasteiger partial charge on any atom is 0.0498 e. The molecule has 2 saturated heterocycles. The van der Waals surface area contributed by atoms with Gasteiger partial charge in [-0.3, -0.25) is 9.80 Å². The van der Waals surface area contributed by atoms with E-state index in [4.69, 9.17) is 5.73 Å². The Bertz CT molecular complexity index is 332. The fourth-order valence-electron chi connectivity index (χ4n) is 5.28. The van der Waals surface area contributed by atoms with Crippen LogP contribution in [0.3, 0.4) is 0 Å². The third-order valence-electron chi connectivity index (χ3n) is 6.58. The SMILES string of the molecule is CC1CCCC(N(C)C2(CN)CCN3CCCCC32)C1. The molecule has 0 aromatic carbocycles. The van der Waals surface area contributed by atoms with Crippen molar-refractivity contribution in [3.8, 4) is 0 Å². The summed E-state index contributed by atoms with van der Waals surface area (Å²) in [5.74, 6) is 0.898. The van der Waals surface area contributed by atoms with Gasteiger partial charge in [-0.1, -0.05) is 26.2 Å². The highest BCUT2D eigenvalue weighted by Gasteiger charge is 2.51. The number of nitrogens with two attached hydrogens (primary N) is 1. The fourth-order valence-corrected chi connectivity index (χ4v) is 5.28. The van der Waals surface area contributed by atoms with Crippen LogP contribution in [0.25, 0.3) is 0 Å². The summed E-state index contributed by atoms with van der Waals surface area (Å²) < 4.78 is 0. The molecule has 0 aromatic rings. The number of hydrogen-bond acceptors (Lipinski definition) is 3. The van der Waals surface area contributed by atoms with Crippen molar-refractivity contribution in [2.24, 2.45) is 11.7 Å². The second-order valence-corrected chi connectivity index (χ2v) is 7.64. The number of likely N-dealkylation sites (N-methyl/N-ethyl adjacent to an activating group) is 1. The summed E-state index contributed by atoms with van der Waals surface area (Å²) in [5, 5.41) is 0. The Balaban J connectivity index is 1.77. The molecule has 3 fully saturated rings. The van der Waals surface area contributed by atoms with Crippen molar-refractivity contribution in [2.45, 2.75) is 75.9 Å². The summed E-state index contributed by atoms with van der Waals surface area (Å²) in [6.07, 6.45) is 11.0. The minimum atomic E-state index is 0.266. The van der Waals surface area contributed by atoms with Gasteiger partial charge < -0.3 is 5.73 Å². The Morgan fingerprint density at radius 2 is 2.00 bits per heavy atom. The summed E-state index contributed by atoms with van der Waals surface area (Å²) in [6.45, 7) is 5.85. The molecule has 1 saturated carbocycles. The zero-order valence-corrected chi connectivity index (χ0v) is 13.5. The molecule has 2 aliphatic heterocycles. The molecule has 4 unspecified atom stereocenters. The molecule has 2 N–H and O–H groups in total. The topological polar surface area (TPSA) is 32.5 Å². The van der Waals surface area contributed by atoms with Crippen LogP contribution < -0.4 is 5.73 Å². The molecule has 0 amide bonds. The van der Waals surface area contributed by atoms with Crippen molar-refractivity contribution >= 4 is 0 Å². The lowest BCUT2D eigenvalue weighted by atomic mass is 9.79. The zero-order valence-electron chi connectivity index (χ0n) is 13.5. The molecule has 3 nitrogen and oxygen atoms in total. The lowest BCUT2D eigenvalue weighted by molar-refractivity contribution is 0.00902. The molecule has 2 heterocycles. The summed E-state index contributed by atoms with van der Waals surface area (Å²) in [4.78, 5) is 5.47. The van der Waals surface area contributed by atoms with Crippen LogP contribution in [0.1, 0.15) is 58.3 Å². The van der Waals surface area contributed by atoms with Gasteiger partial charge in [-0.25, -0.2) is 0 Å². The van der Waals surface area contributed by atoms with Gasteiger partial charge in [0, 0.05) is 30.7 Å². The smallest absolute Gasteiger partial charge is 0.0498 e. The Morgan fingerprint density at radius 3 is 2.75 bits per heavy atom. The van der Waals surface area contributed by atoms with E-state index in [1.54, 1.807) is 0 Å². The third-order valence-corrected chi connectivity index (χ3v) is 6.58. The highest BCUT2D eigenvalue weighted by molar-refractivity contribution is 5.09. The zero-order chi connectivity index (χ0) is 14.2. The normalized spacial score (nSPS) is 42.9. The molecule has 0 spiro atoms. The lowest BCUT2D eigenvalue weighted by Crippen LogP contribution is -2.63. The molecule has 3 rings (SSSR count). The monoisotopic (exact) mass is 279 g/mol. The summed E-state index contributed by atoms with van der Waals surface area (Å²) in [6, 6.07) is 1.49. The van der Waals surface area contributed by atoms with E-state index in [-0.39, 0.29) is 5.54 Å². The van der Waals surface area contributed by atoms with E-state index in [9.17, 15) is 0 Å². The number of rotatable bonds is 3. The molecule has 0 aromatic heterocycles. The number of nitrogens with zero attached hydrogens (tertiary/aromatic N) is 2. The Labute approximate surface area is 124 Å². The van der Waals surface area contributed by atoms with E-state index < -0.39 is 0 Å². The third kappa shape index (κ3) is 2.42. The average Bonchev–Trinajstić information content (AvgIpc) is 2.86. The molecular weight excluding hydrogens is 246 g/mol. The minimum Gasteiger partial charge on any atom is -0.329 e. The predicted octanol–water partition coefficient (Wildman–Crippen LogP) is 2.45. The van der Waals surface area contributed by atoms with E-state index in [0.29, 0.717) is 0 Å². The number of hydrogen-bond donors (Lipinski definition) is 1. The van der Waals surface area contributed by atoms with Gasteiger partial charge in [0.1, 0.15) is 0 Å². The summed E-state index contributed by atoms with van der Waals surface area (Å²) in [7, 11) is 2.38. The molecule has 3 heteroatoms. The second-order valence-electron chi connectivity index (χ2n) is 7.64. The van der Waals surface area contributed by atoms with E-state index in [1.807, 2.05) is 0 Å². The first-order chi connectivity index (χ1) is 9.67. The molecule has 0 radical (unpaired) electrons. The minimum absolute atomic E-state index is 0.266. The molecule has 1 aliphatic carbocycles. The largest absolute Gasteiger partial charge is 0.329 e. The van der Waals surface area contributed by atoms with Crippen molar-refractivity contribution in [3.05, 3.63) is 0 Å². The van der Waals surface area contributed by atoms with Gasteiger partial charge in [0.05, 0.1) is 0 Å². The molecule has 4 atom stereocenters. The number of fused-ring (bicyclic) bond motifs is 1. The van der Waals surface area contributed by atoms with Gasteiger partial charge >= 0.3 is 0 Å². The van der Waals surface area contributed by atoms with Crippen LogP contribution in [-0.4, -0.2) is 54.1 Å². The quantitative estimate of drug-likeness (QED) is 0.861. The summed E-state index contributed by atoms with van der Waals surface area (Å²) in [5.41, 5.74) is 6.62. The van der Waals surface area contributed by atoms with E-state index in [2.05, 4.69) is 23.8 Å². The van der Waals surface area contributed by atoms with Crippen LogP contribution in [0, 0.1) is 5.92 Å². The number of piperidine rings is 1. The first kappa shape index (κ1) is 14.8. The van der Waals surface area contributed by atoms with Gasteiger partial charge in [0.25, 0.3) is 0 Å². The maximum atomic E-state index is 6.35. The highest BCUT2D eigenvalue weighted by Crippen LogP contribution is 2.41. The molecule has 3 aliphatic rings. The lowest BCUT2D eigenvalue weighted by Gasteiger charge is -2.50. The van der Waals surface area contributed by atoms with Crippen LogP contribution in [0.4, 0.5) is 0 Å². The highest BCUT2D eigenvalue weighted by atomic mass is 15.3. The van der Waals surface area contributed by atoms with Gasteiger partial charge in [-0.05, 0) is 51.6 Å². The van der Waals surface area contributed by atoms with Crippen LogP contribution in [0.15, 0.2) is 0 Å². The van der Waals surface area contributed by atoms with Gasteiger partial charge in [-0.15, -0.1) is 0 Å². The Hall–Kier alpha value is -0.120. The van der Waals surface area contributed by atoms with Crippen LogP contribution in [0.2, 0.25) is 0 Å². The second kappa shape index (κ2) is 5.94. The average molecular weight is 279 g/mol. The fraction of sp³-hybridized carbons (Fsp3) is 1.00. The van der Waals surface area contributed by atoms with Crippen molar-refractivity contribution in [1.82, 2.24) is 9.80 Å². The predicted molar refractivity (Wildman–Crippen MR) is 84.8 cm³/mol. The summed E-state index contributed by atoms with van der Waals surface area (Å²) >= 11 is 0. The van der Waals surface area contributed by atoms with Gasteiger partial charge in [0.2, 0.25) is 0 Å². The Kier molecular flexibility index (Phi) is 4.40. The molecule has 116 valence electrons. The van der Waals surface area contributed by atoms with Crippen LogP contribution >= 0.6 is 0 Å². The van der Waals surface area contributed by atoms with Gasteiger partial charge in [-0.2, -0.15) is 0 Å². The van der Waals surface area contributed by atoms with Gasteiger partial charge in [0.15, 0.2) is 0 Å². The molecular formula is C17H33N3. The standard InChI is InChI=1S/C17H33N3/c1-14-6-5-7-15(12-14)19(2)17(13-18)9-11-20-10-4-3-8-16(17)20/h14-16H,3-13,18H2,1-2H3. The van der Waals surface area contributed by atoms with Crippen molar-refractivity contribution in [2.75, 3.05) is 26.7 Å². The van der Waals surface area contributed by atoms with E-state index in [0.717, 1.165) is 24.5 Å². The first-order valence-electron chi connectivity index (χ1n) is 8.84. The van der Waals surface area contributed by atoms with Crippen molar-refractivity contribution in [1.29, 1.82) is 0 Å². The van der Waals surface area contributed by atoms with Crippen molar-refractivity contribution < 1.29 is 0 Å². The molecule has 0 bridgehead atoms. The van der Waals surface area contributed by atoms with E-state index in [1.165, 1.54) is 64.5 Å². The Morgan fingerprint density at radius 1 is 1.15 bits per heavy atom. The maximum absolute atomic E-state index is 6.35. The van der Waals surface area contributed by atoms with E-state index >= 15 is 0 Å². The van der Waals surface area contributed by atoms with Crippen molar-refractivity contribution in [3.63, 3.8) is 0 Å². The van der Waals surface area contributed by atoms with Crippen LogP contribution in [0.5, 0.6) is 0 Å². The van der Waals surface area contributed by atoms with Crippen LogP contribution in [-0.2, 0) is 0 Å². The molecule has 20 heavy (non-hydrogen) atoms. The first-order valence-corrected chi connectivity index (χ1v) is 8.84.